The monoisotopic (exact) mass is 406 g/mol. The molecule has 146 valence electrons. The maximum absolute atomic E-state index is 14.1. The Morgan fingerprint density at radius 3 is 2.72 bits per heavy atom. The van der Waals surface area contributed by atoms with E-state index in [0.29, 0.717) is 10.8 Å². The van der Waals surface area contributed by atoms with Crippen molar-refractivity contribution < 1.29 is 9.18 Å². The van der Waals surface area contributed by atoms with Gasteiger partial charge in [0.05, 0.1) is 17.5 Å². The van der Waals surface area contributed by atoms with Gasteiger partial charge in [-0.3, -0.25) is 9.36 Å². The van der Waals surface area contributed by atoms with E-state index in [1.54, 1.807) is 22.8 Å². The van der Waals surface area contributed by atoms with Gasteiger partial charge in [-0.2, -0.15) is 0 Å². The first-order valence-electron chi connectivity index (χ1n) is 9.18. The second-order valence-electron chi connectivity index (χ2n) is 6.58. The summed E-state index contributed by atoms with van der Waals surface area (Å²) in [6.45, 7) is 1.96. The van der Waals surface area contributed by atoms with Gasteiger partial charge in [-0.25, -0.2) is 4.39 Å². The Bertz CT molecular complexity index is 1150. The zero-order valence-corrected chi connectivity index (χ0v) is 16.6. The molecule has 0 radical (unpaired) electrons. The van der Waals surface area contributed by atoms with Crippen LogP contribution in [-0.2, 0) is 4.79 Å². The summed E-state index contributed by atoms with van der Waals surface area (Å²) in [4.78, 5) is 12.5. The summed E-state index contributed by atoms with van der Waals surface area (Å²) in [7, 11) is 0. The fourth-order valence-corrected chi connectivity index (χ4v) is 3.99. The molecule has 0 bridgehead atoms. The SMILES string of the molecule is CC(NC(=O)CSc1nncn1-c1ccccc1F)c1cccc2ccccc12. The number of rotatable bonds is 6. The normalized spacial score (nSPS) is 12.1. The summed E-state index contributed by atoms with van der Waals surface area (Å²) in [5.74, 6) is -0.343. The first kappa shape index (κ1) is 19.1. The van der Waals surface area contributed by atoms with E-state index in [0.717, 1.165) is 16.3 Å². The van der Waals surface area contributed by atoms with Gasteiger partial charge in [0.2, 0.25) is 5.91 Å². The Kier molecular flexibility index (Phi) is 5.57. The van der Waals surface area contributed by atoms with Crippen LogP contribution in [0.3, 0.4) is 0 Å². The van der Waals surface area contributed by atoms with Crippen LogP contribution in [0.5, 0.6) is 0 Å². The topological polar surface area (TPSA) is 59.8 Å². The Hall–Kier alpha value is -3.19. The molecule has 5 nitrogen and oxygen atoms in total. The van der Waals surface area contributed by atoms with Gasteiger partial charge in [0, 0.05) is 0 Å². The second kappa shape index (κ2) is 8.45. The molecule has 1 amide bonds. The number of nitrogens with zero attached hydrogens (tertiary/aromatic N) is 3. The number of aromatic nitrogens is 3. The molecule has 1 heterocycles. The first-order valence-corrected chi connectivity index (χ1v) is 10.2. The van der Waals surface area contributed by atoms with Gasteiger partial charge >= 0.3 is 0 Å². The molecule has 1 atom stereocenters. The molecule has 0 fully saturated rings. The summed E-state index contributed by atoms with van der Waals surface area (Å²) >= 11 is 1.22. The van der Waals surface area contributed by atoms with Crippen molar-refractivity contribution in [2.24, 2.45) is 0 Å². The number of hydrogen-bond acceptors (Lipinski definition) is 4. The maximum atomic E-state index is 14.1. The molecule has 0 aliphatic rings. The van der Waals surface area contributed by atoms with Crippen LogP contribution >= 0.6 is 11.8 Å². The number of amides is 1. The lowest BCUT2D eigenvalue weighted by molar-refractivity contribution is -0.119. The summed E-state index contributed by atoms with van der Waals surface area (Å²) in [6.07, 6.45) is 1.44. The van der Waals surface area contributed by atoms with Gasteiger partial charge in [0.25, 0.3) is 0 Å². The average Bonchev–Trinajstić information content (AvgIpc) is 3.20. The van der Waals surface area contributed by atoms with Crippen LogP contribution in [0.25, 0.3) is 16.5 Å². The van der Waals surface area contributed by atoms with Crippen molar-refractivity contribution in [1.29, 1.82) is 0 Å². The molecule has 1 unspecified atom stereocenters. The molecule has 3 aromatic carbocycles. The van der Waals surface area contributed by atoms with Crippen molar-refractivity contribution in [1.82, 2.24) is 20.1 Å². The number of fused-ring (bicyclic) bond motifs is 1. The van der Waals surface area contributed by atoms with Crippen molar-refractivity contribution in [2.45, 2.75) is 18.1 Å². The third kappa shape index (κ3) is 4.14. The molecule has 0 saturated heterocycles. The van der Waals surface area contributed by atoms with E-state index in [9.17, 15) is 9.18 Å². The van der Waals surface area contributed by atoms with E-state index in [-0.39, 0.29) is 23.5 Å². The minimum atomic E-state index is -0.372. The van der Waals surface area contributed by atoms with Gasteiger partial charge in [-0.15, -0.1) is 10.2 Å². The predicted molar refractivity (Wildman–Crippen MR) is 113 cm³/mol. The molecule has 0 aliphatic carbocycles. The number of thioether (sulfide) groups is 1. The van der Waals surface area contributed by atoms with Gasteiger partial charge in [0.15, 0.2) is 5.16 Å². The van der Waals surface area contributed by atoms with E-state index in [2.05, 4.69) is 33.7 Å². The number of carbonyl (C=O) groups is 1. The highest BCUT2D eigenvalue weighted by atomic mass is 32.2. The van der Waals surface area contributed by atoms with Gasteiger partial charge in [-0.05, 0) is 35.4 Å². The molecule has 4 aromatic rings. The van der Waals surface area contributed by atoms with Gasteiger partial charge in [0.1, 0.15) is 12.1 Å². The fourth-order valence-electron chi connectivity index (χ4n) is 3.25. The van der Waals surface area contributed by atoms with Crippen LogP contribution in [0.1, 0.15) is 18.5 Å². The molecular weight excluding hydrogens is 387 g/mol. The van der Waals surface area contributed by atoms with Gasteiger partial charge < -0.3 is 5.32 Å². The minimum Gasteiger partial charge on any atom is -0.349 e. The Morgan fingerprint density at radius 1 is 1.10 bits per heavy atom. The molecule has 1 aromatic heterocycles. The lowest BCUT2D eigenvalue weighted by Gasteiger charge is -2.16. The number of halogens is 1. The van der Waals surface area contributed by atoms with Crippen molar-refractivity contribution in [3.8, 4) is 5.69 Å². The predicted octanol–water partition coefficient (Wildman–Crippen LogP) is 4.53. The largest absolute Gasteiger partial charge is 0.349 e. The minimum absolute atomic E-state index is 0.126. The van der Waals surface area contributed by atoms with Crippen molar-refractivity contribution >= 4 is 28.4 Å². The Labute approximate surface area is 172 Å². The van der Waals surface area contributed by atoms with E-state index >= 15 is 0 Å². The number of nitrogens with one attached hydrogen (secondary N) is 1. The summed E-state index contributed by atoms with van der Waals surface area (Å²) in [5.41, 5.74) is 1.42. The number of carbonyl (C=O) groups excluding carboxylic acids is 1. The summed E-state index contributed by atoms with van der Waals surface area (Å²) in [6, 6.07) is 20.4. The molecule has 4 rings (SSSR count). The van der Waals surface area contributed by atoms with Crippen LogP contribution in [0, 0.1) is 5.82 Å². The van der Waals surface area contributed by atoms with Crippen molar-refractivity contribution in [3.63, 3.8) is 0 Å². The molecule has 7 heteroatoms. The Morgan fingerprint density at radius 2 is 1.86 bits per heavy atom. The number of hydrogen-bond donors (Lipinski definition) is 1. The lowest BCUT2D eigenvalue weighted by atomic mass is 10.00. The molecule has 0 aliphatic heterocycles. The van der Waals surface area contributed by atoms with Crippen molar-refractivity contribution in [2.75, 3.05) is 5.75 Å². The second-order valence-corrected chi connectivity index (χ2v) is 7.52. The van der Waals surface area contributed by atoms with E-state index in [1.807, 2.05) is 31.2 Å². The summed E-state index contributed by atoms with van der Waals surface area (Å²) < 4.78 is 15.6. The third-order valence-corrected chi connectivity index (χ3v) is 5.57. The lowest BCUT2D eigenvalue weighted by Crippen LogP contribution is -2.28. The first-order chi connectivity index (χ1) is 14.1. The standard InChI is InChI=1S/C22H19FN4OS/c1-15(17-10-6-8-16-7-2-3-9-18(16)17)25-21(28)13-29-22-26-24-14-27(22)20-12-5-4-11-19(20)23/h2-12,14-15H,13H2,1H3,(H,25,28). The quantitative estimate of drug-likeness (QED) is 0.478. The van der Waals surface area contributed by atoms with Crippen LogP contribution in [0.15, 0.2) is 78.2 Å². The maximum Gasteiger partial charge on any atom is 0.230 e. The van der Waals surface area contributed by atoms with Crippen molar-refractivity contribution in [3.05, 3.63) is 84.4 Å². The van der Waals surface area contributed by atoms with Crippen LogP contribution in [-0.4, -0.2) is 26.4 Å². The highest BCUT2D eigenvalue weighted by molar-refractivity contribution is 7.99. The number of benzene rings is 3. The fraction of sp³-hybridized carbons (Fsp3) is 0.136. The van der Waals surface area contributed by atoms with Gasteiger partial charge in [-0.1, -0.05) is 66.4 Å². The van der Waals surface area contributed by atoms with E-state index in [1.165, 1.54) is 24.2 Å². The van der Waals surface area contributed by atoms with Crippen LogP contribution in [0.4, 0.5) is 4.39 Å². The zero-order chi connectivity index (χ0) is 20.2. The Balaban J connectivity index is 1.44. The molecular formula is C22H19FN4OS. The molecule has 1 N–H and O–H groups in total. The highest BCUT2D eigenvalue weighted by Crippen LogP contribution is 2.25. The third-order valence-electron chi connectivity index (χ3n) is 4.63. The van der Waals surface area contributed by atoms with Crippen LogP contribution in [0.2, 0.25) is 0 Å². The molecule has 0 spiro atoms. The van der Waals surface area contributed by atoms with Crippen LogP contribution < -0.4 is 5.32 Å². The zero-order valence-electron chi connectivity index (χ0n) is 15.7. The number of para-hydroxylation sites is 1. The molecule has 0 saturated carbocycles. The van der Waals surface area contributed by atoms with E-state index in [4.69, 9.17) is 0 Å². The smallest absolute Gasteiger partial charge is 0.230 e. The average molecular weight is 406 g/mol. The van der Waals surface area contributed by atoms with E-state index < -0.39 is 0 Å². The molecule has 29 heavy (non-hydrogen) atoms. The summed E-state index contributed by atoms with van der Waals surface area (Å²) in [5, 5.41) is 13.6. The highest BCUT2D eigenvalue weighted by Gasteiger charge is 2.15.